The second-order valence-electron chi connectivity index (χ2n) is 8.17. The van der Waals surface area contributed by atoms with Gasteiger partial charge < -0.3 is 15.0 Å². The molecule has 5 radical (unpaired) electrons. The van der Waals surface area contributed by atoms with E-state index >= 15 is 0 Å². The second kappa shape index (κ2) is 9.63. The van der Waals surface area contributed by atoms with Crippen LogP contribution >= 0.6 is 11.6 Å². The van der Waals surface area contributed by atoms with Crippen LogP contribution < -0.4 is 5.32 Å². The summed E-state index contributed by atoms with van der Waals surface area (Å²) in [5, 5.41) is 5.17. The van der Waals surface area contributed by atoms with Crippen molar-refractivity contribution in [3.8, 4) is 0 Å². The molecule has 34 heavy (non-hydrogen) atoms. The number of methoxy groups -OCH3 is 1. The van der Waals surface area contributed by atoms with E-state index in [2.05, 4.69) is 15.2 Å². The minimum absolute atomic E-state index is 0.327. The van der Waals surface area contributed by atoms with Gasteiger partial charge in [0, 0.05) is 41.3 Å². The minimum Gasteiger partial charge on any atom is -0.467 e. The number of nitrogens with zero attached hydrogens (tertiary/aromatic N) is 3. The van der Waals surface area contributed by atoms with E-state index in [-0.39, 0.29) is 12.0 Å². The van der Waals surface area contributed by atoms with Crippen LogP contribution in [-0.2, 0) is 15.1 Å². The van der Waals surface area contributed by atoms with Gasteiger partial charge in [0.05, 0.1) is 25.0 Å². The van der Waals surface area contributed by atoms with Crippen LogP contribution in [-0.4, -0.2) is 48.4 Å². The van der Waals surface area contributed by atoms with E-state index in [9.17, 15) is 4.79 Å². The third-order valence-corrected chi connectivity index (χ3v) is 6.48. The Kier molecular flexibility index (Phi) is 6.42. The van der Waals surface area contributed by atoms with E-state index in [4.69, 9.17) is 21.3 Å². The highest BCUT2D eigenvalue weighted by Crippen LogP contribution is 2.45. The fourth-order valence-corrected chi connectivity index (χ4v) is 4.86. The van der Waals surface area contributed by atoms with Crippen molar-refractivity contribution in [3.05, 3.63) is 103 Å². The number of aliphatic imine (C=N–C) groups is 1. The maximum Gasteiger partial charge on any atom is 0.340 e. The van der Waals surface area contributed by atoms with Crippen molar-refractivity contribution in [1.82, 2.24) is 9.88 Å². The number of benzene rings is 2. The van der Waals surface area contributed by atoms with Crippen molar-refractivity contribution in [3.63, 3.8) is 0 Å². The second-order valence-corrected chi connectivity index (χ2v) is 8.61. The third-order valence-electron chi connectivity index (χ3n) is 6.24. The first kappa shape index (κ1) is 22.7. The number of ether oxygens (including phenoxy) is 1. The Morgan fingerprint density at radius 2 is 1.94 bits per heavy atom. The fourth-order valence-electron chi connectivity index (χ4n) is 4.69. The molecule has 1 aliphatic carbocycles. The Labute approximate surface area is 205 Å². The summed E-state index contributed by atoms with van der Waals surface area (Å²) in [7, 11) is 1.41. The Hall–Kier alpha value is -3.12. The number of rotatable bonds is 7. The molecule has 1 N–H and O–H groups in total. The molecule has 0 bridgehead atoms. The zero-order chi connectivity index (χ0) is 23.5. The van der Waals surface area contributed by atoms with Crippen LogP contribution in [0.4, 0.5) is 5.69 Å². The Bertz CT molecular complexity index is 1200. The van der Waals surface area contributed by atoms with E-state index in [1.807, 2.05) is 80.3 Å². The highest BCUT2D eigenvalue weighted by Gasteiger charge is 2.56. The molecule has 0 saturated heterocycles. The van der Waals surface area contributed by atoms with Crippen LogP contribution in [0.25, 0.3) is 10.9 Å². The summed E-state index contributed by atoms with van der Waals surface area (Å²) in [5.41, 5.74) is 1.44. The number of fused-ring (bicyclic) bond motifs is 1. The van der Waals surface area contributed by atoms with E-state index in [1.54, 1.807) is 12.5 Å². The summed E-state index contributed by atoms with van der Waals surface area (Å²) in [6, 6.07) is 16.9. The summed E-state index contributed by atoms with van der Waals surface area (Å²) < 4.78 is 5.29. The summed E-state index contributed by atoms with van der Waals surface area (Å²) in [6.45, 7) is 1.26. The van der Waals surface area contributed by atoms with Crippen molar-refractivity contribution < 1.29 is 9.53 Å². The topological polar surface area (TPSA) is 66.8 Å². The van der Waals surface area contributed by atoms with E-state index in [0.29, 0.717) is 18.1 Å². The van der Waals surface area contributed by atoms with Gasteiger partial charge in [0.15, 0.2) is 0 Å². The van der Waals surface area contributed by atoms with E-state index in [0.717, 1.165) is 28.1 Å². The van der Waals surface area contributed by atoms with Gasteiger partial charge in [0.1, 0.15) is 0 Å². The lowest BCUT2D eigenvalue weighted by Gasteiger charge is -2.39. The highest BCUT2D eigenvalue weighted by atomic mass is 35.5. The molecule has 1 saturated carbocycles. The lowest BCUT2D eigenvalue weighted by molar-refractivity contribution is -0.148. The normalized spacial score (nSPS) is 22.4. The van der Waals surface area contributed by atoms with Crippen molar-refractivity contribution in [2.45, 2.75) is 11.6 Å². The number of pyridine rings is 1. The van der Waals surface area contributed by atoms with Crippen LogP contribution in [0.15, 0.2) is 65.8 Å². The van der Waals surface area contributed by atoms with Gasteiger partial charge >= 0.3 is 5.97 Å². The smallest absolute Gasteiger partial charge is 0.340 e. The number of aromatic nitrogens is 1. The van der Waals surface area contributed by atoms with Gasteiger partial charge in [-0.2, -0.15) is 0 Å². The van der Waals surface area contributed by atoms with E-state index in [1.165, 1.54) is 7.11 Å². The first-order valence-corrected chi connectivity index (χ1v) is 11.5. The number of hydrogen-bond acceptors (Lipinski definition) is 6. The Morgan fingerprint density at radius 1 is 1.15 bits per heavy atom. The molecule has 0 amide bonds. The molecule has 5 rings (SSSR count). The van der Waals surface area contributed by atoms with Crippen molar-refractivity contribution in [2.75, 3.05) is 25.5 Å². The van der Waals surface area contributed by atoms with Gasteiger partial charge in [-0.25, -0.2) is 4.79 Å². The zero-order valence-corrected chi connectivity index (χ0v) is 19.4. The predicted molar refractivity (Wildman–Crippen MR) is 135 cm³/mol. The quantitative estimate of drug-likeness (QED) is 0.514. The monoisotopic (exact) mass is 471 g/mol. The first-order valence-electron chi connectivity index (χ1n) is 11.1. The molecule has 1 aliphatic heterocycles. The van der Waals surface area contributed by atoms with Crippen LogP contribution in [0.3, 0.4) is 0 Å². The van der Waals surface area contributed by atoms with Gasteiger partial charge in [-0.05, 0) is 55.5 Å². The molecule has 3 aromatic rings. The molecule has 2 aliphatic rings. The third kappa shape index (κ3) is 4.00. The maximum atomic E-state index is 13.3. The highest BCUT2D eigenvalue weighted by molar-refractivity contribution is 6.31. The molecule has 1 aromatic heterocycles. The number of anilines is 1. The number of hydrogen-bond donors (Lipinski definition) is 1. The zero-order valence-electron chi connectivity index (χ0n) is 18.7. The van der Waals surface area contributed by atoms with E-state index < -0.39 is 5.54 Å². The van der Waals surface area contributed by atoms with Crippen molar-refractivity contribution in [1.29, 1.82) is 0 Å². The lowest BCUT2D eigenvalue weighted by Crippen LogP contribution is -2.53. The van der Waals surface area contributed by atoms with Crippen LogP contribution in [0.2, 0.25) is 5.02 Å². The molecule has 171 valence electrons. The summed E-state index contributed by atoms with van der Waals surface area (Å²) in [5.74, 6) is 0.629. The molecule has 2 unspecified atom stereocenters. The molecule has 1 fully saturated rings. The Morgan fingerprint density at radius 3 is 2.71 bits per heavy atom. The molecular formula is C27H24ClN4O2. The molecule has 2 aromatic carbocycles. The van der Waals surface area contributed by atoms with Crippen molar-refractivity contribution in [2.24, 2.45) is 4.99 Å². The number of esters is 1. The number of halogens is 1. The largest absolute Gasteiger partial charge is 0.467 e. The average Bonchev–Trinajstić information content (AvgIpc) is 3.52. The molecule has 2 atom stereocenters. The number of carbonyl (C=O) groups is 1. The van der Waals surface area contributed by atoms with Crippen LogP contribution in [0.5, 0.6) is 0 Å². The molecule has 6 nitrogen and oxygen atoms in total. The predicted octanol–water partition coefficient (Wildman–Crippen LogP) is 4.49. The SMILES string of the molecule is COC(=O)C1(c2ccccc2)N=CN(CCNc2ccnc3cc(Cl)ccc23)C1[C]1[CH][CH][CH][CH]1. The van der Waals surface area contributed by atoms with Gasteiger partial charge in [-0.1, -0.05) is 41.9 Å². The first-order chi connectivity index (χ1) is 16.6. The van der Waals surface area contributed by atoms with Gasteiger partial charge in [0.2, 0.25) is 5.54 Å². The molecule has 0 spiro atoms. The molecular weight excluding hydrogens is 448 g/mol. The minimum atomic E-state index is -1.18. The van der Waals surface area contributed by atoms with Crippen LogP contribution in [0.1, 0.15) is 5.56 Å². The van der Waals surface area contributed by atoms with Gasteiger partial charge in [-0.3, -0.25) is 9.98 Å². The molecule has 7 heteroatoms. The number of carbonyl (C=O) groups excluding carboxylic acids is 1. The van der Waals surface area contributed by atoms with Gasteiger partial charge in [-0.15, -0.1) is 0 Å². The summed E-state index contributed by atoms with van der Waals surface area (Å²) in [4.78, 5) is 24.6. The fraction of sp³-hybridized carbons (Fsp3) is 0.185. The Balaban J connectivity index is 1.41. The van der Waals surface area contributed by atoms with Crippen molar-refractivity contribution >= 4 is 40.5 Å². The molecule has 2 heterocycles. The lowest BCUT2D eigenvalue weighted by atomic mass is 9.76. The standard InChI is InChI=1S/C27H24ClN4O2/c1-34-26(33)27(20-9-3-2-4-10-20)25(19-7-5-6-8-19)32(18-31-27)16-15-30-23-13-14-29-24-17-21(28)11-12-22(23)24/h2-14,17-18,25H,15-16H2,1H3,(H,29,30). The average molecular weight is 472 g/mol. The van der Waals surface area contributed by atoms with Crippen LogP contribution in [0, 0.1) is 31.6 Å². The summed E-state index contributed by atoms with van der Waals surface area (Å²) in [6.07, 6.45) is 11.5. The maximum absolute atomic E-state index is 13.3. The summed E-state index contributed by atoms with van der Waals surface area (Å²) >= 11 is 6.12. The van der Waals surface area contributed by atoms with Gasteiger partial charge in [0.25, 0.3) is 0 Å². The number of nitrogens with one attached hydrogen (secondary N) is 1.